The van der Waals surface area contributed by atoms with Crippen molar-refractivity contribution in [2.45, 2.75) is 20.8 Å². The molecule has 2 rings (SSSR count). The number of hydrogen-bond donors (Lipinski definition) is 0. The molecule has 0 N–H and O–H groups in total. The van der Waals surface area contributed by atoms with Crippen LogP contribution in [0, 0.1) is 6.92 Å². The van der Waals surface area contributed by atoms with Crippen LogP contribution in [0.2, 0.25) is 0 Å². The van der Waals surface area contributed by atoms with Gasteiger partial charge in [0, 0.05) is 37.5 Å². The van der Waals surface area contributed by atoms with E-state index in [0.29, 0.717) is 18.1 Å². The quantitative estimate of drug-likeness (QED) is 0.772. The minimum Gasteiger partial charge on any atom is -0.476 e. The molecule has 0 saturated carbocycles. The predicted octanol–water partition coefficient (Wildman–Crippen LogP) is 1.94. The Balaban J connectivity index is 0.000000956. The van der Waals surface area contributed by atoms with Crippen LogP contribution < -0.4 is 4.74 Å². The van der Waals surface area contributed by atoms with E-state index >= 15 is 0 Å². The average molecular weight is 280 g/mol. The average Bonchev–Trinajstić information content (AvgIpc) is 2.52. The van der Waals surface area contributed by atoms with E-state index in [2.05, 4.69) is 9.88 Å². The number of pyridine rings is 1. The van der Waals surface area contributed by atoms with Crippen LogP contribution in [-0.4, -0.2) is 55.6 Å². The SMILES string of the molecule is CC.Cc1cnc(OCCN2CCOCC2)cc1C=O. The summed E-state index contributed by atoms with van der Waals surface area (Å²) in [6, 6.07) is 1.68. The number of carbonyl (C=O) groups is 1. The molecule has 0 aliphatic carbocycles. The zero-order valence-electron chi connectivity index (χ0n) is 12.6. The third-order valence-corrected chi connectivity index (χ3v) is 3.01. The van der Waals surface area contributed by atoms with Gasteiger partial charge in [0.1, 0.15) is 6.61 Å². The normalized spacial score (nSPS) is 15.2. The summed E-state index contributed by atoms with van der Waals surface area (Å²) in [5.41, 5.74) is 1.50. The fourth-order valence-corrected chi connectivity index (χ4v) is 1.83. The van der Waals surface area contributed by atoms with Gasteiger partial charge < -0.3 is 9.47 Å². The van der Waals surface area contributed by atoms with Crippen molar-refractivity contribution in [3.05, 3.63) is 23.4 Å². The number of nitrogens with zero attached hydrogens (tertiary/aromatic N) is 2. The fraction of sp³-hybridized carbons (Fsp3) is 0.600. The number of hydrogen-bond acceptors (Lipinski definition) is 5. The molecule has 0 spiro atoms. The standard InChI is InChI=1S/C13H18N2O3.C2H6/c1-11-9-14-13(8-12(11)10-16)18-7-4-15-2-5-17-6-3-15;1-2/h8-10H,2-7H2,1H3;1-2H3. The van der Waals surface area contributed by atoms with Gasteiger partial charge in [0.15, 0.2) is 6.29 Å². The van der Waals surface area contributed by atoms with Crippen molar-refractivity contribution in [3.63, 3.8) is 0 Å². The zero-order chi connectivity index (χ0) is 14.8. The first-order chi connectivity index (χ1) is 9.79. The van der Waals surface area contributed by atoms with Crippen molar-refractivity contribution < 1.29 is 14.3 Å². The first kappa shape index (κ1) is 16.6. The first-order valence-corrected chi connectivity index (χ1v) is 7.14. The Labute approximate surface area is 120 Å². The number of aryl methyl sites for hydroxylation is 1. The highest BCUT2D eigenvalue weighted by Gasteiger charge is 2.10. The molecule has 20 heavy (non-hydrogen) atoms. The number of aromatic nitrogens is 1. The van der Waals surface area contributed by atoms with Crippen LogP contribution in [0.4, 0.5) is 0 Å². The third kappa shape index (κ3) is 5.27. The Morgan fingerprint density at radius 1 is 1.40 bits per heavy atom. The van der Waals surface area contributed by atoms with Crippen LogP contribution in [0.5, 0.6) is 5.88 Å². The summed E-state index contributed by atoms with van der Waals surface area (Å²) in [6.07, 6.45) is 2.49. The molecule has 1 aliphatic rings. The van der Waals surface area contributed by atoms with E-state index in [1.165, 1.54) is 0 Å². The monoisotopic (exact) mass is 280 g/mol. The highest BCUT2D eigenvalue weighted by molar-refractivity contribution is 5.77. The van der Waals surface area contributed by atoms with Crippen LogP contribution >= 0.6 is 0 Å². The Hall–Kier alpha value is -1.46. The molecule has 1 aliphatic heterocycles. The van der Waals surface area contributed by atoms with E-state index < -0.39 is 0 Å². The minimum absolute atomic E-state index is 0.510. The summed E-state index contributed by atoms with van der Waals surface area (Å²) >= 11 is 0. The lowest BCUT2D eigenvalue weighted by Gasteiger charge is -2.26. The van der Waals surface area contributed by atoms with Gasteiger partial charge in [-0.3, -0.25) is 9.69 Å². The summed E-state index contributed by atoms with van der Waals surface area (Å²) in [7, 11) is 0. The van der Waals surface area contributed by atoms with Crippen LogP contribution in [0.3, 0.4) is 0 Å². The number of ether oxygens (including phenoxy) is 2. The second-order valence-corrected chi connectivity index (χ2v) is 4.30. The summed E-state index contributed by atoms with van der Waals surface area (Å²) in [6.45, 7) is 10.8. The van der Waals surface area contributed by atoms with E-state index in [1.54, 1.807) is 12.3 Å². The predicted molar refractivity (Wildman–Crippen MR) is 78.5 cm³/mol. The molecule has 0 atom stereocenters. The molecule has 5 heteroatoms. The Morgan fingerprint density at radius 2 is 2.10 bits per heavy atom. The maximum absolute atomic E-state index is 10.8. The lowest BCUT2D eigenvalue weighted by Crippen LogP contribution is -2.38. The summed E-state index contributed by atoms with van der Waals surface area (Å²) < 4.78 is 10.8. The van der Waals surface area contributed by atoms with E-state index in [1.807, 2.05) is 20.8 Å². The van der Waals surface area contributed by atoms with Gasteiger partial charge in [-0.15, -0.1) is 0 Å². The molecule has 1 fully saturated rings. The van der Waals surface area contributed by atoms with Gasteiger partial charge in [-0.05, 0) is 12.5 Å². The Bertz CT molecular complexity index is 404. The molecule has 0 unspecified atom stereocenters. The Kier molecular flexibility index (Phi) is 7.84. The largest absolute Gasteiger partial charge is 0.476 e. The number of morpholine rings is 1. The fourth-order valence-electron chi connectivity index (χ4n) is 1.83. The second-order valence-electron chi connectivity index (χ2n) is 4.30. The molecular formula is C15H24N2O3. The van der Waals surface area contributed by atoms with Gasteiger partial charge in [0.25, 0.3) is 0 Å². The molecule has 0 radical (unpaired) electrons. The highest BCUT2D eigenvalue weighted by atomic mass is 16.5. The van der Waals surface area contributed by atoms with Crippen molar-refractivity contribution in [3.8, 4) is 5.88 Å². The Morgan fingerprint density at radius 3 is 2.75 bits per heavy atom. The van der Waals surface area contributed by atoms with Crippen molar-refractivity contribution in [1.82, 2.24) is 9.88 Å². The number of carbonyl (C=O) groups excluding carboxylic acids is 1. The molecule has 112 valence electrons. The summed E-state index contributed by atoms with van der Waals surface area (Å²) in [5.74, 6) is 0.510. The second kappa shape index (κ2) is 9.44. The van der Waals surface area contributed by atoms with E-state index in [-0.39, 0.29) is 0 Å². The van der Waals surface area contributed by atoms with Gasteiger partial charge >= 0.3 is 0 Å². The lowest BCUT2D eigenvalue weighted by molar-refractivity contribution is 0.0320. The van der Waals surface area contributed by atoms with Gasteiger partial charge in [0.2, 0.25) is 5.88 Å². The smallest absolute Gasteiger partial charge is 0.213 e. The van der Waals surface area contributed by atoms with Crippen LogP contribution in [0.15, 0.2) is 12.3 Å². The van der Waals surface area contributed by atoms with E-state index in [4.69, 9.17) is 9.47 Å². The van der Waals surface area contributed by atoms with Gasteiger partial charge in [-0.25, -0.2) is 4.98 Å². The molecule has 1 saturated heterocycles. The van der Waals surface area contributed by atoms with E-state index in [9.17, 15) is 4.79 Å². The molecule has 0 aromatic carbocycles. The maximum atomic E-state index is 10.8. The molecule has 1 aromatic heterocycles. The molecule has 1 aromatic rings. The molecular weight excluding hydrogens is 256 g/mol. The van der Waals surface area contributed by atoms with Gasteiger partial charge in [-0.1, -0.05) is 13.8 Å². The highest BCUT2D eigenvalue weighted by Crippen LogP contribution is 2.12. The maximum Gasteiger partial charge on any atom is 0.213 e. The zero-order valence-corrected chi connectivity index (χ0v) is 12.6. The topological polar surface area (TPSA) is 51.7 Å². The van der Waals surface area contributed by atoms with Crippen LogP contribution in [0.25, 0.3) is 0 Å². The van der Waals surface area contributed by atoms with Crippen molar-refractivity contribution in [2.24, 2.45) is 0 Å². The van der Waals surface area contributed by atoms with Crippen LogP contribution in [-0.2, 0) is 4.74 Å². The van der Waals surface area contributed by atoms with Crippen LogP contribution in [0.1, 0.15) is 29.8 Å². The van der Waals surface area contributed by atoms with E-state index in [0.717, 1.165) is 44.7 Å². The van der Waals surface area contributed by atoms with Gasteiger partial charge in [0.05, 0.1) is 13.2 Å². The number of aldehydes is 1. The van der Waals surface area contributed by atoms with Crippen molar-refractivity contribution in [2.75, 3.05) is 39.5 Å². The molecule has 2 heterocycles. The van der Waals surface area contributed by atoms with Crippen molar-refractivity contribution in [1.29, 1.82) is 0 Å². The van der Waals surface area contributed by atoms with Gasteiger partial charge in [-0.2, -0.15) is 0 Å². The lowest BCUT2D eigenvalue weighted by atomic mass is 10.2. The van der Waals surface area contributed by atoms with Crippen molar-refractivity contribution >= 4 is 6.29 Å². The third-order valence-electron chi connectivity index (χ3n) is 3.01. The number of rotatable bonds is 5. The summed E-state index contributed by atoms with van der Waals surface area (Å²) in [5, 5.41) is 0. The minimum atomic E-state index is 0.510. The molecule has 5 nitrogen and oxygen atoms in total. The summed E-state index contributed by atoms with van der Waals surface area (Å²) in [4.78, 5) is 17.2. The first-order valence-electron chi connectivity index (χ1n) is 7.14. The molecule has 0 bridgehead atoms. The molecule has 0 amide bonds.